The minimum atomic E-state index is 0.949. The zero-order chi connectivity index (χ0) is 6.57. The molecule has 0 aromatic heterocycles. The third-order valence-electron chi connectivity index (χ3n) is 1.33. The van der Waals surface area contributed by atoms with Gasteiger partial charge in [-0.15, -0.1) is 0 Å². The van der Waals surface area contributed by atoms with Crippen molar-refractivity contribution in [2.45, 2.75) is 20.3 Å². The molecule has 1 radical (unpaired) electrons. The molecule has 0 rings (SSSR count). The van der Waals surface area contributed by atoms with Crippen molar-refractivity contribution >= 4 is 13.1 Å². The Morgan fingerprint density at radius 2 is 2.00 bits per heavy atom. The first-order valence-corrected chi connectivity index (χ1v) is 3.04. The molecule has 1 nitrogen and oxygen atoms in total. The normalized spacial score (nSPS) is 8.75. The van der Waals surface area contributed by atoms with Crippen molar-refractivity contribution in [3.63, 3.8) is 0 Å². The Labute approximate surface area is 52.8 Å². The topological polar surface area (TPSA) is 3.24 Å². The number of rotatable bonds is 3. The van der Waals surface area contributed by atoms with E-state index in [1.807, 2.05) is 11.9 Å². The quantitative estimate of drug-likeness (QED) is 0.482. The van der Waals surface area contributed by atoms with E-state index in [2.05, 4.69) is 13.8 Å². The third kappa shape index (κ3) is 2.15. The van der Waals surface area contributed by atoms with Crippen LogP contribution in [0, 0.1) is 0 Å². The van der Waals surface area contributed by atoms with Crippen molar-refractivity contribution in [2.24, 2.45) is 0 Å². The molecule has 0 aromatic rings. The Kier molecular flexibility index (Phi) is 3.58. The fourth-order valence-electron chi connectivity index (χ4n) is 0.473. The van der Waals surface area contributed by atoms with E-state index in [0.29, 0.717) is 0 Å². The number of hydrogen-bond acceptors (Lipinski definition) is 1. The van der Waals surface area contributed by atoms with Gasteiger partial charge in [-0.1, -0.05) is 0 Å². The fraction of sp³-hybridized carbons (Fsp3) is 0.833. The van der Waals surface area contributed by atoms with Crippen molar-refractivity contribution < 1.29 is 0 Å². The predicted octanol–water partition coefficient (Wildman–Crippen LogP) is 0.646. The van der Waals surface area contributed by atoms with Crippen LogP contribution in [0.3, 0.4) is 0 Å². The fourth-order valence-corrected chi connectivity index (χ4v) is 0.473. The second-order valence-electron chi connectivity index (χ2n) is 1.86. The molecule has 0 aliphatic heterocycles. The van der Waals surface area contributed by atoms with E-state index in [0.717, 1.165) is 18.6 Å². The second-order valence-corrected chi connectivity index (χ2v) is 1.86. The van der Waals surface area contributed by atoms with Gasteiger partial charge in [0.2, 0.25) is 0 Å². The molecule has 0 amide bonds. The molecule has 8 heavy (non-hydrogen) atoms. The molecule has 0 heterocycles. The Bertz CT molecular complexity index is 80.6. The second kappa shape index (κ2) is 3.70. The van der Waals surface area contributed by atoms with Crippen LogP contribution in [0.1, 0.15) is 20.3 Å². The van der Waals surface area contributed by atoms with Crippen LogP contribution in [0.5, 0.6) is 0 Å². The van der Waals surface area contributed by atoms with Crippen molar-refractivity contribution in [1.29, 1.82) is 0 Å². The van der Waals surface area contributed by atoms with E-state index in [1.54, 1.807) is 0 Å². The maximum atomic E-state index is 5.57. The predicted molar refractivity (Wildman–Crippen MR) is 39.4 cm³/mol. The molecule has 0 saturated heterocycles. The molecule has 45 valence electrons. The average molecular weight is 110 g/mol. The van der Waals surface area contributed by atoms with Gasteiger partial charge in [-0.3, -0.25) is 0 Å². The summed E-state index contributed by atoms with van der Waals surface area (Å²) in [5.74, 6) is 0. The van der Waals surface area contributed by atoms with Crippen LogP contribution < -0.4 is 0 Å². The van der Waals surface area contributed by atoms with Gasteiger partial charge in [-0.05, 0) is 0 Å². The van der Waals surface area contributed by atoms with E-state index in [-0.39, 0.29) is 0 Å². The van der Waals surface area contributed by atoms with Gasteiger partial charge >= 0.3 is 51.8 Å². The molecule has 0 spiro atoms. The zero-order valence-electron chi connectivity index (χ0n) is 5.94. The average Bonchev–Trinajstić information content (AvgIpc) is 1.84. The molecule has 0 aliphatic carbocycles. The summed E-state index contributed by atoms with van der Waals surface area (Å²) >= 11 is 0. The molecule has 0 saturated carbocycles. The van der Waals surface area contributed by atoms with Gasteiger partial charge in [0.1, 0.15) is 0 Å². The van der Waals surface area contributed by atoms with Gasteiger partial charge < -0.3 is 0 Å². The van der Waals surface area contributed by atoms with Gasteiger partial charge in [0.05, 0.1) is 0 Å². The summed E-state index contributed by atoms with van der Waals surface area (Å²) in [6.07, 6.45) is 0.949. The molecule has 2 heteroatoms. The van der Waals surface area contributed by atoms with Gasteiger partial charge in [0.15, 0.2) is 0 Å². The monoisotopic (exact) mass is 110 g/mol. The molecule has 0 aliphatic rings. The van der Waals surface area contributed by atoms with Crippen LogP contribution in [0.4, 0.5) is 0 Å². The minimum absolute atomic E-state index is 0.949. The Morgan fingerprint density at radius 1 is 1.50 bits per heavy atom. The van der Waals surface area contributed by atoms with Crippen LogP contribution in [0.15, 0.2) is 0 Å². The summed E-state index contributed by atoms with van der Waals surface area (Å²) in [7, 11) is 7.57. The van der Waals surface area contributed by atoms with Crippen LogP contribution in [0.2, 0.25) is 0 Å². The van der Waals surface area contributed by atoms with Gasteiger partial charge in [0.25, 0.3) is 0 Å². The summed E-state index contributed by atoms with van der Waals surface area (Å²) in [5, 5.41) is 0. The first-order valence-electron chi connectivity index (χ1n) is 3.04. The van der Waals surface area contributed by atoms with Gasteiger partial charge in [0, 0.05) is 0 Å². The molecule has 0 bridgehead atoms. The van der Waals surface area contributed by atoms with Crippen molar-refractivity contribution in [1.82, 2.24) is 4.90 Å². The molecule has 0 N–H and O–H groups in total. The Morgan fingerprint density at radius 3 is 2.12 bits per heavy atom. The van der Waals surface area contributed by atoms with E-state index < -0.39 is 0 Å². The third-order valence-corrected chi connectivity index (χ3v) is 1.33. The van der Waals surface area contributed by atoms with Crippen LogP contribution in [0.25, 0.3) is 0 Å². The zero-order valence-corrected chi connectivity index (χ0v) is 5.94. The molecule has 0 unspecified atom stereocenters. The van der Waals surface area contributed by atoms with Gasteiger partial charge in [-0.2, -0.15) is 0 Å². The standard InChI is InChI=1S/C6H13BN/c1-4-6(7)8(3)5-2/h4-5H2,1-3H3. The van der Waals surface area contributed by atoms with E-state index in [9.17, 15) is 0 Å². The maximum absolute atomic E-state index is 5.57. The first-order chi connectivity index (χ1) is 3.72. The summed E-state index contributed by atoms with van der Waals surface area (Å²) in [5.41, 5.74) is 0.965. The Balaban J connectivity index is 3.46. The number of hydrogen-bond donors (Lipinski definition) is 0. The van der Waals surface area contributed by atoms with Crippen LogP contribution in [-0.4, -0.2) is 31.6 Å². The molecule has 0 fully saturated rings. The molecular weight excluding hydrogens is 96.9 g/mol. The van der Waals surface area contributed by atoms with Crippen molar-refractivity contribution in [3.8, 4) is 0 Å². The summed E-state index contributed by atoms with van der Waals surface area (Å²) < 4.78 is 0. The van der Waals surface area contributed by atoms with Gasteiger partial charge in [-0.25, -0.2) is 0 Å². The van der Waals surface area contributed by atoms with E-state index >= 15 is 0 Å². The van der Waals surface area contributed by atoms with Crippen LogP contribution >= 0.6 is 0 Å². The summed E-state index contributed by atoms with van der Waals surface area (Å²) in [4.78, 5) is 2.04. The van der Waals surface area contributed by atoms with E-state index in [4.69, 9.17) is 7.49 Å². The SMILES string of the molecule is [B]=C(CC)N(C)CC. The van der Waals surface area contributed by atoms with Crippen LogP contribution in [-0.2, 0) is 0 Å². The molecule has 0 atom stereocenters. The van der Waals surface area contributed by atoms with Crippen molar-refractivity contribution in [2.75, 3.05) is 13.6 Å². The van der Waals surface area contributed by atoms with E-state index in [1.165, 1.54) is 0 Å². The Hall–Kier alpha value is -0.265. The van der Waals surface area contributed by atoms with Crippen molar-refractivity contribution in [3.05, 3.63) is 0 Å². The summed E-state index contributed by atoms with van der Waals surface area (Å²) in [6, 6.07) is 0. The summed E-state index contributed by atoms with van der Waals surface area (Å²) in [6.45, 7) is 5.14. The first kappa shape index (κ1) is 7.73. The number of nitrogens with zero attached hydrogens (tertiary/aromatic N) is 1. The molecular formula is C6H13BN. The molecule has 0 aromatic carbocycles.